The first-order valence-electron chi connectivity index (χ1n) is 9.99. The number of amides is 2. The summed E-state index contributed by atoms with van der Waals surface area (Å²) in [5.41, 5.74) is 0.322. The molecule has 2 saturated heterocycles. The molecule has 0 unspecified atom stereocenters. The fourth-order valence-corrected chi connectivity index (χ4v) is 5.27. The van der Waals surface area contributed by atoms with Crippen molar-refractivity contribution in [3.8, 4) is 0 Å². The summed E-state index contributed by atoms with van der Waals surface area (Å²) in [7, 11) is -3.25. The molecule has 0 saturated carbocycles. The predicted molar refractivity (Wildman–Crippen MR) is 112 cm³/mol. The van der Waals surface area contributed by atoms with E-state index in [1.54, 1.807) is 4.90 Å². The van der Waals surface area contributed by atoms with Crippen LogP contribution in [0.1, 0.15) is 31.2 Å². The molecule has 0 aromatic heterocycles. The molecule has 0 radical (unpaired) electrons. The lowest BCUT2D eigenvalue weighted by Crippen LogP contribution is -2.56. The topological polar surface area (TPSA) is 86.8 Å². The molecule has 2 fully saturated rings. The Balaban J connectivity index is 1.77. The van der Waals surface area contributed by atoms with Crippen LogP contribution in [0, 0.1) is 0 Å². The van der Waals surface area contributed by atoms with Gasteiger partial charge in [-0.3, -0.25) is 9.59 Å². The summed E-state index contributed by atoms with van der Waals surface area (Å²) < 4.78 is 25.6. The van der Waals surface area contributed by atoms with Crippen molar-refractivity contribution in [2.75, 3.05) is 32.4 Å². The molecule has 2 aliphatic heterocycles. The lowest BCUT2D eigenvalue weighted by molar-refractivity contribution is -0.142. The lowest BCUT2D eigenvalue weighted by atomic mass is 9.71. The number of sulfonamides is 1. The third-order valence-corrected chi connectivity index (χ3v) is 6.76. The van der Waals surface area contributed by atoms with E-state index in [2.05, 4.69) is 11.3 Å². The summed E-state index contributed by atoms with van der Waals surface area (Å²) in [5, 5.41) is 0. The van der Waals surface area contributed by atoms with Gasteiger partial charge < -0.3 is 9.80 Å². The summed E-state index contributed by atoms with van der Waals surface area (Å²) in [6, 6.07) is 9.65. The summed E-state index contributed by atoms with van der Waals surface area (Å²) in [5.74, 6) is -0.0287. The third-order valence-electron chi connectivity index (χ3n) is 6.00. The van der Waals surface area contributed by atoms with E-state index >= 15 is 0 Å². The van der Waals surface area contributed by atoms with Crippen LogP contribution in [0.3, 0.4) is 0 Å². The first kappa shape index (κ1) is 21.5. The zero-order valence-electron chi connectivity index (χ0n) is 16.8. The van der Waals surface area contributed by atoms with Crippen molar-refractivity contribution >= 4 is 21.8 Å². The van der Waals surface area contributed by atoms with Gasteiger partial charge in [0.1, 0.15) is 0 Å². The zero-order chi connectivity index (χ0) is 21.1. The Labute approximate surface area is 172 Å². The highest BCUT2D eigenvalue weighted by molar-refractivity contribution is 7.88. The number of hydrogen-bond donors (Lipinski definition) is 1. The normalized spacial score (nSPS) is 20.3. The smallest absolute Gasteiger partial charge is 0.245 e. The van der Waals surface area contributed by atoms with E-state index in [1.807, 2.05) is 35.2 Å². The van der Waals surface area contributed by atoms with Gasteiger partial charge in [-0.2, -0.15) is 0 Å². The number of carbonyl (C=O) groups excluding carboxylic acids is 2. The minimum absolute atomic E-state index is 0.0761. The zero-order valence-corrected chi connectivity index (χ0v) is 17.7. The molecule has 0 bridgehead atoms. The number of piperidine rings is 2. The number of nitrogens with zero attached hydrogens (tertiary/aromatic N) is 2. The number of benzene rings is 1. The van der Waals surface area contributed by atoms with Crippen molar-refractivity contribution in [3.63, 3.8) is 0 Å². The van der Waals surface area contributed by atoms with Gasteiger partial charge in [-0.1, -0.05) is 36.9 Å². The third kappa shape index (κ3) is 4.87. The summed E-state index contributed by atoms with van der Waals surface area (Å²) >= 11 is 0. The maximum Gasteiger partial charge on any atom is 0.245 e. The molecule has 0 aliphatic carbocycles. The monoisotopic (exact) mass is 419 g/mol. The molecule has 3 rings (SSSR count). The fraction of sp³-hybridized carbons (Fsp3) is 0.524. The van der Waals surface area contributed by atoms with Crippen LogP contribution in [0.5, 0.6) is 0 Å². The molecule has 1 aromatic rings. The maximum absolute atomic E-state index is 13.7. The van der Waals surface area contributed by atoms with Crippen molar-refractivity contribution in [1.82, 2.24) is 14.5 Å². The predicted octanol–water partition coefficient (Wildman–Crippen LogP) is 1.27. The Hall–Kier alpha value is -2.19. The molecule has 1 aromatic carbocycles. The number of hydrogen-bond acceptors (Lipinski definition) is 4. The Morgan fingerprint density at radius 3 is 2.17 bits per heavy atom. The second kappa shape index (κ2) is 8.67. The van der Waals surface area contributed by atoms with Gasteiger partial charge in [0.05, 0.1) is 11.7 Å². The quantitative estimate of drug-likeness (QED) is 0.729. The highest BCUT2D eigenvalue weighted by Crippen LogP contribution is 2.38. The fourth-order valence-electron chi connectivity index (χ4n) is 4.43. The number of carbonyl (C=O) groups is 2. The van der Waals surface area contributed by atoms with Gasteiger partial charge in [0.15, 0.2) is 0 Å². The highest BCUT2D eigenvalue weighted by Gasteiger charge is 2.46. The second-order valence-corrected chi connectivity index (χ2v) is 9.71. The van der Waals surface area contributed by atoms with Gasteiger partial charge >= 0.3 is 0 Å². The molecule has 158 valence electrons. The first-order valence-corrected chi connectivity index (χ1v) is 11.9. The minimum Gasteiger partial charge on any atom is -0.342 e. The molecule has 2 heterocycles. The van der Waals surface area contributed by atoms with Crippen molar-refractivity contribution in [2.45, 2.75) is 37.1 Å². The van der Waals surface area contributed by atoms with E-state index < -0.39 is 15.4 Å². The van der Waals surface area contributed by atoms with E-state index in [-0.39, 0.29) is 17.9 Å². The van der Waals surface area contributed by atoms with Crippen molar-refractivity contribution in [3.05, 3.63) is 48.6 Å². The molecule has 7 nitrogen and oxygen atoms in total. The molecule has 0 atom stereocenters. The van der Waals surface area contributed by atoms with Gasteiger partial charge in [-0.05, 0) is 37.3 Å². The van der Waals surface area contributed by atoms with Crippen molar-refractivity contribution in [1.29, 1.82) is 0 Å². The van der Waals surface area contributed by atoms with Crippen LogP contribution in [0.4, 0.5) is 0 Å². The van der Waals surface area contributed by atoms with Crippen LogP contribution < -0.4 is 4.72 Å². The van der Waals surface area contributed by atoms with Crippen LogP contribution in [-0.2, 0) is 25.0 Å². The standard InChI is InChI=1S/C21H29N3O4S/c1-3-19(25)23-15-11-21(12-16-23,17-7-5-4-6-8-17)20(26)24-13-9-18(10-14-24)22-29(2,27)28/h3-8,18,22H,1,9-16H2,2H3. The molecular weight excluding hydrogens is 390 g/mol. The molecule has 0 spiro atoms. The maximum atomic E-state index is 13.7. The van der Waals surface area contributed by atoms with Gasteiger partial charge in [0.25, 0.3) is 0 Å². The molecule has 1 N–H and O–H groups in total. The Morgan fingerprint density at radius 1 is 1.07 bits per heavy atom. The van der Waals surface area contributed by atoms with Gasteiger partial charge in [0.2, 0.25) is 21.8 Å². The first-order chi connectivity index (χ1) is 13.7. The minimum atomic E-state index is -3.25. The molecular formula is C21H29N3O4S. The van der Waals surface area contributed by atoms with Crippen molar-refractivity contribution in [2.24, 2.45) is 0 Å². The summed E-state index contributed by atoms with van der Waals surface area (Å²) in [6.07, 6.45) is 4.81. The van der Waals surface area contributed by atoms with E-state index in [0.29, 0.717) is 51.9 Å². The molecule has 8 heteroatoms. The number of likely N-dealkylation sites (tertiary alicyclic amines) is 2. The highest BCUT2D eigenvalue weighted by atomic mass is 32.2. The average Bonchev–Trinajstić information content (AvgIpc) is 2.73. The van der Waals surface area contributed by atoms with Gasteiger partial charge in [0, 0.05) is 32.2 Å². The van der Waals surface area contributed by atoms with Crippen LogP contribution in [0.2, 0.25) is 0 Å². The van der Waals surface area contributed by atoms with E-state index in [9.17, 15) is 18.0 Å². The van der Waals surface area contributed by atoms with Crippen LogP contribution in [0.25, 0.3) is 0 Å². The average molecular weight is 420 g/mol. The number of nitrogens with one attached hydrogen (secondary N) is 1. The van der Waals surface area contributed by atoms with Gasteiger partial charge in [-0.25, -0.2) is 13.1 Å². The lowest BCUT2D eigenvalue weighted by Gasteiger charge is -2.44. The molecule has 2 amide bonds. The Kier molecular flexibility index (Phi) is 6.43. The summed E-state index contributed by atoms with van der Waals surface area (Å²) in [6.45, 7) is 5.63. The summed E-state index contributed by atoms with van der Waals surface area (Å²) in [4.78, 5) is 29.3. The molecule has 29 heavy (non-hydrogen) atoms. The van der Waals surface area contributed by atoms with Crippen LogP contribution in [-0.4, -0.2) is 68.5 Å². The van der Waals surface area contributed by atoms with Crippen LogP contribution in [0.15, 0.2) is 43.0 Å². The van der Waals surface area contributed by atoms with E-state index in [4.69, 9.17) is 0 Å². The molecule has 2 aliphatic rings. The Morgan fingerprint density at radius 2 is 1.66 bits per heavy atom. The van der Waals surface area contributed by atoms with Gasteiger partial charge in [-0.15, -0.1) is 0 Å². The largest absolute Gasteiger partial charge is 0.342 e. The Bertz CT molecular complexity index is 853. The van der Waals surface area contributed by atoms with Crippen molar-refractivity contribution < 1.29 is 18.0 Å². The van der Waals surface area contributed by atoms with E-state index in [1.165, 1.54) is 6.08 Å². The SMILES string of the molecule is C=CC(=O)N1CCC(C(=O)N2CCC(NS(C)(=O)=O)CC2)(c2ccccc2)CC1. The number of rotatable bonds is 5. The van der Waals surface area contributed by atoms with E-state index in [0.717, 1.165) is 11.8 Å². The second-order valence-electron chi connectivity index (χ2n) is 7.93. The van der Waals surface area contributed by atoms with Crippen LogP contribution >= 0.6 is 0 Å².